The molecule has 0 spiro atoms. The van der Waals surface area contributed by atoms with Gasteiger partial charge in [-0.3, -0.25) is 0 Å². The number of nitrogens with zero attached hydrogens (tertiary/aromatic N) is 3. The largest absolute Gasteiger partial charge is 0.309 e. The molecule has 2 aromatic rings. The van der Waals surface area contributed by atoms with Gasteiger partial charge in [0.15, 0.2) is 0 Å². The monoisotopic (exact) mass is 268 g/mol. The van der Waals surface area contributed by atoms with Crippen molar-refractivity contribution in [2.45, 2.75) is 32.4 Å². The van der Waals surface area contributed by atoms with E-state index in [1.165, 1.54) is 5.56 Å². The first-order valence-corrected chi connectivity index (χ1v) is 7.16. The standard InChI is InChI=1S/C16H20N4/c1-13-18-16-10-9-15(12-20(16)19-13)17-11-5-8-14-6-3-2-4-7-14/h2-8,15,17H,9-12H2,1H3/b8-5+/t15-/m0/s1. The minimum absolute atomic E-state index is 0.490. The van der Waals surface area contributed by atoms with Crippen molar-refractivity contribution < 1.29 is 0 Å². The highest BCUT2D eigenvalue weighted by Crippen LogP contribution is 2.12. The zero-order chi connectivity index (χ0) is 13.8. The first-order valence-electron chi connectivity index (χ1n) is 7.16. The van der Waals surface area contributed by atoms with Crippen molar-refractivity contribution in [3.63, 3.8) is 0 Å². The highest BCUT2D eigenvalue weighted by atomic mass is 15.4. The molecule has 0 unspecified atom stereocenters. The minimum atomic E-state index is 0.490. The fourth-order valence-electron chi connectivity index (χ4n) is 2.59. The highest BCUT2D eigenvalue weighted by Gasteiger charge is 2.19. The molecule has 0 saturated heterocycles. The molecule has 4 heteroatoms. The van der Waals surface area contributed by atoms with Gasteiger partial charge in [0.05, 0.1) is 6.54 Å². The topological polar surface area (TPSA) is 42.7 Å². The maximum atomic E-state index is 4.43. The molecule has 0 saturated carbocycles. The van der Waals surface area contributed by atoms with Crippen LogP contribution in [0.2, 0.25) is 0 Å². The van der Waals surface area contributed by atoms with Crippen LogP contribution in [0.1, 0.15) is 23.6 Å². The van der Waals surface area contributed by atoms with Gasteiger partial charge in [-0.25, -0.2) is 9.67 Å². The average Bonchev–Trinajstić information content (AvgIpc) is 2.84. The van der Waals surface area contributed by atoms with Crippen LogP contribution in [-0.4, -0.2) is 27.4 Å². The zero-order valence-electron chi connectivity index (χ0n) is 11.8. The number of rotatable bonds is 4. The van der Waals surface area contributed by atoms with Crippen molar-refractivity contribution in [2.75, 3.05) is 6.54 Å². The smallest absolute Gasteiger partial charge is 0.147 e. The highest BCUT2D eigenvalue weighted by molar-refractivity contribution is 5.48. The Balaban J connectivity index is 1.49. The Bertz CT molecular complexity index is 586. The summed E-state index contributed by atoms with van der Waals surface area (Å²) in [7, 11) is 0. The molecule has 20 heavy (non-hydrogen) atoms. The summed E-state index contributed by atoms with van der Waals surface area (Å²) >= 11 is 0. The predicted molar refractivity (Wildman–Crippen MR) is 80.3 cm³/mol. The molecule has 0 bridgehead atoms. The predicted octanol–water partition coefficient (Wildman–Crippen LogP) is 2.20. The second kappa shape index (κ2) is 6.01. The van der Waals surface area contributed by atoms with E-state index in [4.69, 9.17) is 0 Å². The molecule has 1 N–H and O–H groups in total. The molecule has 1 atom stereocenters. The van der Waals surface area contributed by atoms with Gasteiger partial charge in [0, 0.05) is 19.0 Å². The molecular weight excluding hydrogens is 248 g/mol. The number of hydrogen-bond acceptors (Lipinski definition) is 3. The first-order chi connectivity index (χ1) is 9.81. The Kier molecular flexibility index (Phi) is 3.92. The molecule has 0 fully saturated rings. The summed E-state index contributed by atoms with van der Waals surface area (Å²) in [4.78, 5) is 4.43. The fourth-order valence-corrected chi connectivity index (χ4v) is 2.59. The molecule has 0 radical (unpaired) electrons. The molecule has 2 heterocycles. The van der Waals surface area contributed by atoms with Gasteiger partial charge in [-0.15, -0.1) is 0 Å². The van der Waals surface area contributed by atoms with Crippen LogP contribution in [-0.2, 0) is 13.0 Å². The molecule has 1 aromatic carbocycles. The number of aryl methyl sites for hydroxylation is 2. The normalized spacial score (nSPS) is 18.4. The van der Waals surface area contributed by atoms with Crippen LogP contribution in [0.25, 0.3) is 6.08 Å². The van der Waals surface area contributed by atoms with Crippen molar-refractivity contribution in [1.29, 1.82) is 0 Å². The lowest BCUT2D eigenvalue weighted by molar-refractivity contribution is 0.369. The Morgan fingerprint density at radius 1 is 1.35 bits per heavy atom. The number of benzene rings is 1. The molecule has 0 aliphatic carbocycles. The maximum Gasteiger partial charge on any atom is 0.147 e. The van der Waals surface area contributed by atoms with Crippen LogP contribution in [0.15, 0.2) is 36.4 Å². The second-order valence-corrected chi connectivity index (χ2v) is 5.21. The SMILES string of the molecule is Cc1nc2n(n1)C[C@@H](NC/C=C/c1ccccc1)CC2. The van der Waals surface area contributed by atoms with Gasteiger partial charge in [0.1, 0.15) is 11.6 Å². The number of fused-ring (bicyclic) bond motifs is 1. The quantitative estimate of drug-likeness (QED) is 0.924. The van der Waals surface area contributed by atoms with Gasteiger partial charge in [0.25, 0.3) is 0 Å². The molecule has 4 nitrogen and oxygen atoms in total. The summed E-state index contributed by atoms with van der Waals surface area (Å²) in [6.45, 7) is 3.77. The van der Waals surface area contributed by atoms with E-state index >= 15 is 0 Å². The lowest BCUT2D eigenvalue weighted by Gasteiger charge is -2.22. The van der Waals surface area contributed by atoms with E-state index in [0.29, 0.717) is 6.04 Å². The molecular formula is C16H20N4. The summed E-state index contributed by atoms with van der Waals surface area (Å²) in [5.74, 6) is 2.00. The van der Waals surface area contributed by atoms with Crippen LogP contribution in [0.4, 0.5) is 0 Å². The van der Waals surface area contributed by atoms with E-state index in [2.05, 4.69) is 51.8 Å². The van der Waals surface area contributed by atoms with Gasteiger partial charge in [-0.2, -0.15) is 5.10 Å². The second-order valence-electron chi connectivity index (χ2n) is 5.21. The molecule has 1 aromatic heterocycles. The molecule has 1 aliphatic rings. The Labute approximate surface area is 119 Å². The van der Waals surface area contributed by atoms with Crippen LogP contribution in [0, 0.1) is 6.92 Å². The van der Waals surface area contributed by atoms with Crippen molar-refractivity contribution in [3.05, 3.63) is 53.6 Å². The number of nitrogens with one attached hydrogen (secondary N) is 1. The summed E-state index contributed by atoms with van der Waals surface area (Å²) in [6.07, 6.45) is 6.48. The first kappa shape index (κ1) is 13.1. The van der Waals surface area contributed by atoms with Crippen molar-refractivity contribution in [3.8, 4) is 0 Å². The molecule has 1 aliphatic heterocycles. The Hall–Kier alpha value is -1.94. The van der Waals surface area contributed by atoms with Crippen LogP contribution < -0.4 is 5.32 Å². The third kappa shape index (κ3) is 3.14. The molecule has 3 rings (SSSR count). The average molecular weight is 268 g/mol. The lowest BCUT2D eigenvalue weighted by atomic mass is 10.1. The lowest BCUT2D eigenvalue weighted by Crippen LogP contribution is -2.37. The van der Waals surface area contributed by atoms with Gasteiger partial charge < -0.3 is 5.32 Å². The fraction of sp³-hybridized carbons (Fsp3) is 0.375. The minimum Gasteiger partial charge on any atom is -0.309 e. The van der Waals surface area contributed by atoms with Gasteiger partial charge in [0.2, 0.25) is 0 Å². The van der Waals surface area contributed by atoms with Crippen LogP contribution in [0.3, 0.4) is 0 Å². The summed E-state index contributed by atoms with van der Waals surface area (Å²) in [5.41, 5.74) is 1.24. The van der Waals surface area contributed by atoms with Crippen molar-refractivity contribution in [1.82, 2.24) is 20.1 Å². The summed E-state index contributed by atoms with van der Waals surface area (Å²) < 4.78 is 2.04. The Morgan fingerprint density at radius 2 is 2.20 bits per heavy atom. The van der Waals surface area contributed by atoms with E-state index < -0.39 is 0 Å². The third-order valence-corrected chi connectivity index (χ3v) is 3.60. The maximum absolute atomic E-state index is 4.43. The van der Waals surface area contributed by atoms with Gasteiger partial charge in [-0.05, 0) is 18.9 Å². The molecule has 104 valence electrons. The summed E-state index contributed by atoms with van der Waals surface area (Å²) in [6, 6.07) is 10.9. The number of hydrogen-bond donors (Lipinski definition) is 1. The molecule has 0 amide bonds. The summed E-state index contributed by atoms with van der Waals surface area (Å²) in [5, 5.41) is 7.99. The third-order valence-electron chi connectivity index (χ3n) is 3.60. The van der Waals surface area contributed by atoms with Crippen LogP contribution >= 0.6 is 0 Å². The zero-order valence-corrected chi connectivity index (χ0v) is 11.8. The van der Waals surface area contributed by atoms with Gasteiger partial charge >= 0.3 is 0 Å². The Morgan fingerprint density at radius 3 is 3.05 bits per heavy atom. The van der Waals surface area contributed by atoms with Crippen LogP contribution in [0.5, 0.6) is 0 Å². The van der Waals surface area contributed by atoms with E-state index in [9.17, 15) is 0 Å². The van der Waals surface area contributed by atoms with E-state index in [1.54, 1.807) is 0 Å². The van der Waals surface area contributed by atoms with Crippen molar-refractivity contribution in [2.24, 2.45) is 0 Å². The van der Waals surface area contributed by atoms with E-state index in [1.807, 2.05) is 17.7 Å². The van der Waals surface area contributed by atoms with E-state index in [-0.39, 0.29) is 0 Å². The number of aromatic nitrogens is 3. The van der Waals surface area contributed by atoms with Gasteiger partial charge in [-0.1, -0.05) is 42.5 Å². The van der Waals surface area contributed by atoms with E-state index in [0.717, 1.165) is 37.6 Å². The van der Waals surface area contributed by atoms with Crippen molar-refractivity contribution >= 4 is 6.08 Å².